The number of likely N-dealkylation sites (tertiary alicyclic amines) is 1. The van der Waals surface area contributed by atoms with Gasteiger partial charge < -0.3 is 20.1 Å². The summed E-state index contributed by atoms with van der Waals surface area (Å²) in [6.07, 6.45) is 5.40. The number of amides is 1. The predicted molar refractivity (Wildman–Crippen MR) is 135 cm³/mol. The van der Waals surface area contributed by atoms with E-state index in [-0.39, 0.29) is 17.9 Å². The van der Waals surface area contributed by atoms with Gasteiger partial charge in [0.2, 0.25) is 17.6 Å². The summed E-state index contributed by atoms with van der Waals surface area (Å²) < 4.78 is 5.75. The first-order chi connectivity index (χ1) is 17.0. The largest absolute Gasteiger partial charge is 0.378 e. The molecule has 1 atom stereocenters. The van der Waals surface area contributed by atoms with Gasteiger partial charge in [0, 0.05) is 57.1 Å². The molecular formula is C26H33N7O2. The van der Waals surface area contributed by atoms with E-state index in [2.05, 4.69) is 63.2 Å². The van der Waals surface area contributed by atoms with Crippen molar-refractivity contribution in [3.8, 4) is 11.4 Å². The number of anilines is 2. The number of aromatic nitrogens is 3. The highest BCUT2D eigenvalue weighted by molar-refractivity contribution is 5.77. The summed E-state index contributed by atoms with van der Waals surface area (Å²) in [7, 11) is 4.10. The molecule has 4 heterocycles. The van der Waals surface area contributed by atoms with Crippen molar-refractivity contribution < 1.29 is 9.32 Å². The van der Waals surface area contributed by atoms with Crippen molar-refractivity contribution >= 4 is 17.4 Å². The van der Waals surface area contributed by atoms with Gasteiger partial charge in [0.1, 0.15) is 5.82 Å². The van der Waals surface area contributed by atoms with Crippen LogP contribution in [0.5, 0.6) is 0 Å². The quantitative estimate of drug-likeness (QED) is 0.555. The number of benzene rings is 1. The third kappa shape index (κ3) is 5.14. The summed E-state index contributed by atoms with van der Waals surface area (Å²) in [6, 6.07) is 12.7. The Labute approximate surface area is 205 Å². The second-order valence-electron chi connectivity index (χ2n) is 9.71. The zero-order chi connectivity index (χ0) is 24.4. The molecule has 3 aromatic rings. The van der Waals surface area contributed by atoms with Gasteiger partial charge in [-0.1, -0.05) is 17.3 Å². The molecule has 9 heteroatoms. The van der Waals surface area contributed by atoms with E-state index in [4.69, 9.17) is 15.2 Å². The van der Waals surface area contributed by atoms with Crippen molar-refractivity contribution in [3.63, 3.8) is 0 Å². The molecule has 5 rings (SSSR count). The van der Waals surface area contributed by atoms with Gasteiger partial charge in [-0.15, -0.1) is 0 Å². The minimum atomic E-state index is -0.211. The second kappa shape index (κ2) is 10.0. The van der Waals surface area contributed by atoms with E-state index in [1.165, 1.54) is 11.3 Å². The molecule has 35 heavy (non-hydrogen) atoms. The van der Waals surface area contributed by atoms with Gasteiger partial charge >= 0.3 is 0 Å². The molecule has 2 saturated heterocycles. The summed E-state index contributed by atoms with van der Waals surface area (Å²) in [4.78, 5) is 27.5. The van der Waals surface area contributed by atoms with E-state index in [0.29, 0.717) is 11.7 Å². The smallest absolute Gasteiger partial charge is 0.244 e. The zero-order valence-corrected chi connectivity index (χ0v) is 20.4. The lowest BCUT2D eigenvalue weighted by Gasteiger charge is -2.31. The van der Waals surface area contributed by atoms with Crippen molar-refractivity contribution in [2.45, 2.75) is 38.3 Å². The number of rotatable bonds is 7. The fourth-order valence-corrected chi connectivity index (χ4v) is 5.04. The molecule has 9 nitrogen and oxygen atoms in total. The van der Waals surface area contributed by atoms with Gasteiger partial charge in [-0.3, -0.25) is 9.69 Å². The molecule has 2 N–H and O–H groups in total. The first-order valence-electron chi connectivity index (χ1n) is 12.3. The summed E-state index contributed by atoms with van der Waals surface area (Å²) in [5, 5.41) is 4.30. The lowest BCUT2D eigenvalue weighted by molar-refractivity contribution is -0.122. The molecule has 0 aliphatic carbocycles. The third-order valence-corrected chi connectivity index (χ3v) is 7.15. The molecule has 0 spiro atoms. The molecule has 2 aromatic heterocycles. The normalized spacial score (nSPS) is 19.3. The first kappa shape index (κ1) is 23.3. The SMILES string of the molecule is CN(C)c1ccc(CN2CCC[C@H]2c2nc(-c3ccnc(N4CCC(C(N)=O)CC4)c3)no2)cc1. The van der Waals surface area contributed by atoms with E-state index in [1.54, 1.807) is 6.20 Å². The minimum absolute atomic E-state index is 0.0468. The highest BCUT2D eigenvalue weighted by atomic mass is 16.5. The molecule has 2 aliphatic heterocycles. The maximum atomic E-state index is 11.5. The number of hydrogen-bond donors (Lipinski definition) is 1. The standard InChI is InChI=1S/C26H33N7O2/c1-31(2)21-7-5-18(6-8-21)17-33-13-3-4-22(33)26-29-25(30-35-26)20-9-12-28-23(16-20)32-14-10-19(11-15-32)24(27)34/h5-9,12,16,19,22H,3-4,10-11,13-15,17H2,1-2H3,(H2,27,34)/t22-/m0/s1. The number of hydrogen-bond acceptors (Lipinski definition) is 8. The van der Waals surface area contributed by atoms with Crippen LogP contribution in [0, 0.1) is 5.92 Å². The molecule has 184 valence electrons. The van der Waals surface area contributed by atoms with Gasteiger partial charge in [0.15, 0.2) is 0 Å². The Hall–Kier alpha value is -3.46. The van der Waals surface area contributed by atoms with Crippen LogP contribution in [-0.2, 0) is 11.3 Å². The fraction of sp³-hybridized carbons (Fsp3) is 0.462. The minimum Gasteiger partial charge on any atom is -0.378 e. The Kier molecular flexibility index (Phi) is 6.68. The molecule has 2 aliphatic rings. The second-order valence-corrected chi connectivity index (χ2v) is 9.71. The molecule has 1 aromatic carbocycles. The number of nitrogens with zero attached hydrogens (tertiary/aromatic N) is 6. The van der Waals surface area contributed by atoms with Crippen LogP contribution < -0.4 is 15.5 Å². The maximum absolute atomic E-state index is 11.5. The third-order valence-electron chi connectivity index (χ3n) is 7.15. The summed E-state index contributed by atoms with van der Waals surface area (Å²) >= 11 is 0. The number of nitrogens with two attached hydrogens (primary N) is 1. The highest BCUT2D eigenvalue weighted by Crippen LogP contribution is 2.34. The molecule has 0 bridgehead atoms. The topological polar surface area (TPSA) is 105 Å². The maximum Gasteiger partial charge on any atom is 0.244 e. The fourth-order valence-electron chi connectivity index (χ4n) is 5.04. The lowest BCUT2D eigenvalue weighted by Crippen LogP contribution is -2.38. The Bertz CT molecular complexity index is 1150. The molecule has 2 fully saturated rings. The Morgan fingerprint density at radius 2 is 1.89 bits per heavy atom. The summed E-state index contributed by atoms with van der Waals surface area (Å²) in [5.41, 5.74) is 8.83. The van der Waals surface area contributed by atoms with Crippen LogP contribution in [0.2, 0.25) is 0 Å². The van der Waals surface area contributed by atoms with Gasteiger partial charge in [0.25, 0.3) is 0 Å². The van der Waals surface area contributed by atoms with Crippen molar-refractivity contribution in [1.82, 2.24) is 20.0 Å². The van der Waals surface area contributed by atoms with Crippen molar-refractivity contribution in [2.75, 3.05) is 43.5 Å². The molecule has 0 saturated carbocycles. The van der Waals surface area contributed by atoms with Gasteiger partial charge in [-0.05, 0) is 62.1 Å². The van der Waals surface area contributed by atoms with Crippen molar-refractivity contribution in [2.24, 2.45) is 11.7 Å². The van der Waals surface area contributed by atoms with E-state index in [9.17, 15) is 4.79 Å². The monoisotopic (exact) mass is 475 g/mol. The average molecular weight is 476 g/mol. The van der Waals surface area contributed by atoms with E-state index >= 15 is 0 Å². The van der Waals surface area contributed by atoms with Crippen molar-refractivity contribution in [3.05, 3.63) is 54.0 Å². The molecular weight excluding hydrogens is 442 g/mol. The van der Waals surface area contributed by atoms with Crippen LogP contribution in [-0.4, -0.2) is 59.7 Å². The first-order valence-corrected chi connectivity index (χ1v) is 12.3. The summed E-state index contributed by atoms with van der Waals surface area (Å²) in [6.45, 7) is 3.39. The number of carbonyl (C=O) groups is 1. The van der Waals surface area contributed by atoms with Gasteiger partial charge in [-0.25, -0.2) is 4.98 Å². The number of primary amides is 1. The Balaban J connectivity index is 1.27. The lowest BCUT2D eigenvalue weighted by atomic mass is 9.96. The van der Waals surface area contributed by atoms with Crippen LogP contribution in [0.15, 0.2) is 47.1 Å². The Morgan fingerprint density at radius 3 is 2.60 bits per heavy atom. The zero-order valence-electron chi connectivity index (χ0n) is 20.4. The van der Waals surface area contributed by atoms with Crippen LogP contribution in [0.4, 0.5) is 11.5 Å². The van der Waals surface area contributed by atoms with Gasteiger partial charge in [-0.2, -0.15) is 4.98 Å². The average Bonchev–Trinajstić information content (AvgIpc) is 3.54. The summed E-state index contributed by atoms with van der Waals surface area (Å²) in [5.74, 6) is 1.85. The molecule has 0 radical (unpaired) electrons. The van der Waals surface area contributed by atoms with E-state index in [1.807, 2.05) is 12.1 Å². The predicted octanol–water partition coefficient (Wildman–Crippen LogP) is 3.24. The van der Waals surface area contributed by atoms with E-state index in [0.717, 1.165) is 63.2 Å². The molecule has 0 unspecified atom stereocenters. The van der Waals surface area contributed by atoms with Crippen LogP contribution in [0.25, 0.3) is 11.4 Å². The number of carbonyl (C=O) groups excluding carboxylic acids is 1. The van der Waals surface area contributed by atoms with Crippen LogP contribution in [0.1, 0.15) is 43.2 Å². The van der Waals surface area contributed by atoms with Crippen LogP contribution >= 0.6 is 0 Å². The van der Waals surface area contributed by atoms with Gasteiger partial charge in [0.05, 0.1) is 6.04 Å². The van der Waals surface area contributed by atoms with Crippen molar-refractivity contribution in [1.29, 1.82) is 0 Å². The van der Waals surface area contributed by atoms with Crippen LogP contribution in [0.3, 0.4) is 0 Å². The Morgan fingerprint density at radius 1 is 1.11 bits per heavy atom. The van der Waals surface area contributed by atoms with E-state index < -0.39 is 0 Å². The number of pyridine rings is 1. The molecule has 1 amide bonds. The highest BCUT2D eigenvalue weighted by Gasteiger charge is 2.31. The number of piperidine rings is 1.